The van der Waals surface area contributed by atoms with E-state index in [1.165, 1.54) is 0 Å². The number of hydrogen-bond acceptors (Lipinski definition) is 4. The van der Waals surface area contributed by atoms with E-state index in [0.29, 0.717) is 19.7 Å². The van der Waals surface area contributed by atoms with E-state index in [9.17, 15) is 5.21 Å². The highest BCUT2D eigenvalue weighted by atomic mass is 16.5. The van der Waals surface area contributed by atoms with Crippen molar-refractivity contribution in [3.05, 3.63) is 5.21 Å². The lowest BCUT2D eigenvalue weighted by Gasteiger charge is -2.39. The van der Waals surface area contributed by atoms with Gasteiger partial charge in [-0.15, -0.1) is 0 Å². The minimum absolute atomic E-state index is 0.00625. The lowest BCUT2D eigenvalue weighted by molar-refractivity contribution is -0.0259. The molecule has 0 aromatic rings. The van der Waals surface area contributed by atoms with Crippen LogP contribution in [0.15, 0.2) is 0 Å². The van der Waals surface area contributed by atoms with Crippen LogP contribution < -0.4 is 5.73 Å². The van der Waals surface area contributed by atoms with Crippen LogP contribution in [0.5, 0.6) is 0 Å². The highest BCUT2D eigenvalue weighted by molar-refractivity contribution is 4.79. The molecule has 0 aliphatic carbocycles. The van der Waals surface area contributed by atoms with Crippen LogP contribution in [0.2, 0.25) is 0 Å². The third kappa shape index (κ3) is 2.41. The summed E-state index contributed by atoms with van der Waals surface area (Å²) in [5, 5.41) is 11.9. The fraction of sp³-hybridized carbons (Fsp3) is 1.00. The van der Waals surface area contributed by atoms with Crippen molar-refractivity contribution < 1.29 is 4.74 Å². The second kappa shape index (κ2) is 4.01. The largest absolute Gasteiger partial charge is 0.785 e. The van der Waals surface area contributed by atoms with Gasteiger partial charge in [-0.05, 0) is 6.42 Å². The van der Waals surface area contributed by atoms with Crippen LogP contribution in [0.25, 0.3) is 0 Å². The van der Waals surface area contributed by atoms with Crippen molar-refractivity contribution >= 4 is 0 Å². The molecule has 0 aromatic carbocycles. The molecule has 1 rings (SSSR count). The molecule has 0 radical (unpaired) electrons. The van der Waals surface area contributed by atoms with E-state index >= 15 is 0 Å². The van der Waals surface area contributed by atoms with Crippen LogP contribution >= 0.6 is 0 Å². The summed E-state index contributed by atoms with van der Waals surface area (Å²) in [6, 6.07) is 0.00625. The summed E-state index contributed by atoms with van der Waals surface area (Å²) in [6.07, 6.45) is 0.796. The normalized spacial score (nSPS) is 30.3. The van der Waals surface area contributed by atoms with Gasteiger partial charge in [0.25, 0.3) is 0 Å². The van der Waals surface area contributed by atoms with Gasteiger partial charge in [-0.25, -0.2) is 0 Å². The Labute approximate surface area is 66.9 Å². The second-order valence-corrected chi connectivity index (χ2v) is 2.87. The third-order valence-corrected chi connectivity index (χ3v) is 2.01. The second-order valence-electron chi connectivity index (χ2n) is 2.87. The molecule has 0 saturated carbocycles. The van der Waals surface area contributed by atoms with Crippen molar-refractivity contribution in [1.29, 1.82) is 0 Å². The average molecular weight is 159 g/mol. The van der Waals surface area contributed by atoms with E-state index in [4.69, 9.17) is 10.5 Å². The maximum Gasteiger partial charge on any atom is 0.0843 e. The summed E-state index contributed by atoms with van der Waals surface area (Å²) in [5.74, 6) is 0. The molecule has 0 bridgehead atoms. The Morgan fingerprint density at radius 3 is 3.09 bits per heavy atom. The van der Waals surface area contributed by atoms with E-state index in [-0.39, 0.29) is 12.1 Å². The summed E-state index contributed by atoms with van der Waals surface area (Å²) >= 11 is 0. The maximum atomic E-state index is 10.9. The number of nitrogens with two attached hydrogens (primary N) is 1. The van der Waals surface area contributed by atoms with Gasteiger partial charge < -0.3 is 20.7 Å². The number of hydrogen-bond donors (Lipinski definition) is 1. The van der Waals surface area contributed by atoms with Crippen LogP contribution in [0.4, 0.5) is 0 Å². The van der Waals surface area contributed by atoms with Gasteiger partial charge in [-0.3, -0.25) is 0 Å². The first-order valence-electron chi connectivity index (χ1n) is 4.03. The fourth-order valence-electron chi connectivity index (χ4n) is 1.17. The third-order valence-electron chi connectivity index (χ3n) is 2.01. The predicted molar refractivity (Wildman–Crippen MR) is 42.9 cm³/mol. The molecular formula is C7H15N2O2-. The van der Waals surface area contributed by atoms with Crippen LogP contribution in [0.3, 0.4) is 0 Å². The molecule has 2 N–H and O–H groups in total. The Kier molecular flexibility index (Phi) is 3.26. The van der Waals surface area contributed by atoms with Crippen molar-refractivity contribution in [2.75, 3.05) is 19.7 Å². The summed E-state index contributed by atoms with van der Waals surface area (Å²) < 4.78 is 5.33. The van der Waals surface area contributed by atoms with Crippen LogP contribution in [0, 0.1) is 5.21 Å². The van der Waals surface area contributed by atoms with E-state index < -0.39 is 0 Å². The van der Waals surface area contributed by atoms with Crippen molar-refractivity contribution in [2.45, 2.75) is 25.5 Å². The minimum Gasteiger partial charge on any atom is -0.785 e. The van der Waals surface area contributed by atoms with Crippen molar-refractivity contribution in [3.63, 3.8) is 0 Å². The van der Waals surface area contributed by atoms with Crippen LogP contribution in [-0.2, 0) is 4.74 Å². The Morgan fingerprint density at radius 2 is 2.55 bits per heavy atom. The van der Waals surface area contributed by atoms with E-state index in [2.05, 4.69) is 0 Å². The molecule has 1 aliphatic rings. The number of nitrogens with zero attached hydrogens (tertiary/aromatic N) is 1. The van der Waals surface area contributed by atoms with Gasteiger partial charge in [0.15, 0.2) is 0 Å². The topological polar surface area (TPSA) is 61.5 Å². The van der Waals surface area contributed by atoms with Gasteiger partial charge >= 0.3 is 0 Å². The number of morpholine rings is 1. The number of hydroxylamine groups is 2. The van der Waals surface area contributed by atoms with Crippen molar-refractivity contribution in [2.24, 2.45) is 5.73 Å². The number of ether oxygens (including phenoxy) is 1. The zero-order valence-corrected chi connectivity index (χ0v) is 6.82. The molecule has 0 spiro atoms. The van der Waals surface area contributed by atoms with Crippen LogP contribution in [0.1, 0.15) is 13.3 Å². The summed E-state index contributed by atoms with van der Waals surface area (Å²) in [6.45, 7) is 3.42. The molecule has 0 amide bonds. The highest BCUT2D eigenvalue weighted by Gasteiger charge is 2.20. The Bertz CT molecular complexity index is 121. The molecule has 1 heterocycles. The zero-order valence-electron chi connectivity index (χ0n) is 6.82. The lowest BCUT2D eigenvalue weighted by atomic mass is 10.1. The molecule has 0 aromatic heterocycles. The van der Waals surface area contributed by atoms with Gasteiger partial charge in [-0.2, -0.15) is 0 Å². The van der Waals surface area contributed by atoms with Gasteiger partial charge in [0, 0.05) is 19.1 Å². The van der Waals surface area contributed by atoms with Gasteiger partial charge in [0.1, 0.15) is 0 Å². The lowest BCUT2D eigenvalue weighted by Crippen LogP contribution is -2.48. The van der Waals surface area contributed by atoms with E-state index in [1.54, 1.807) is 0 Å². The molecule has 1 fully saturated rings. The summed E-state index contributed by atoms with van der Waals surface area (Å²) in [5.41, 5.74) is 5.72. The first-order chi connectivity index (χ1) is 5.24. The first-order valence-corrected chi connectivity index (χ1v) is 4.03. The van der Waals surface area contributed by atoms with Crippen molar-refractivity contribution in [3.8, 4) is 0 Å². The Hall–Kier alpha value is -0.160. The quantitative estimate of drug-likeness (QED) is 0.612. The zero-order chi connectivity index (χ0) is 8.27. The Balaban J connectivity index is 2.33. The maximum absolute atomic E-state index is 10.9. The fourth-order valence-corrected chi connectivity index (χ4v) is 1.17. The predicted octanol–water partition coefficient (Wildman–Crippen LogP) is -0.0777. The molecule has 11 heavy (non-hydrogen) atoms. The van der Waals surface area contributed by atoms with E-state index in [1.807, 2.05) is 6.92 Å². The van der Waals surface area contributed by atoms with Crippen molar-refractivity contribution in [1.82, 2.24) is 5.06 Å². The molecule has 66 valence electrons. The summed E-state index contributed by atoms with van der Waals surface area (Å²) in [4.78, 5) is 0. The van der Waals surface area contributed by atoms with Gasteiger partial charge in [-0.1, -0.05) is 6.92 Å². The first kappa shape index (κ1) is 8.93. The highest BCUT2D eigenvalue weighted by Crippen LogP contribution is 2.08. The molecule has 1 saturated heterocycles. The molecular weight excluding hydrogens is 144 g/mol. The summed E-state index contributed by atoms with van der Waals surface area (Å²) in [7, 11) is 0. The Morgan fingerprint density at radius 1 is 1.82 bits per heavy atom. The minimum atomic E-state index is -0.0637. The standard InChI is InChI=1S/C7H15N2O2/c1-2-6(8)7-5-9(10)3-4-11-7/h6-7H,2-5,8H2,1H3/q-1. The molecule has 2 unspecified atom stereocenters. The van der Waals surface area contributed by atoms with E-state index in [0.717, 1.165) is 11.5 Å². The average Bonchev–Trinajstić information content (AvgIpc) is 2.03. The molecule has 4 heteroatoms. The van der Waals surface area contributed by atoms with Gasteiger partial charge in [0.2, 0.25) is 0 Å². The molecule has 2 atom stereocenters. The molecule has 1 aliphatic heterocycles. The smallest absolute Gasteiger partial charge is 0.0843 e. The monoisotopic (exact) mass is 159 g/mol. The van der Waals surface area contributed by atoms with Gasteiger partial charge in [0.05, 0.1) is 12.7 Å². The number of rotatable bonds is 2. The SMILES string of the molecule is CCC(N)C1CN([O-])CCO1. The molecule has 4 nitrogen and oxygen atoms in total. The van der Waals surface area contributed by atoms with Crippen LogP contribution in [-0.4, -0.2) is 36.9 Å².